The minimum Gasteiger partial charge on any atom is -0.506 e. The maximum absolute atomic E-state index is 11.5. The van der Waals surface area contributed by atoms with Crippen LogP contribution in [0.4, 0.5) is 10.5 Å². The number of carbonyl (C=O) groups is 1. The van der Waals surface area contributed by atoms with Gasteiger partial charge in [0.05, 0.1) is 17.5 Å². The predicted octanol–water partition coefficient (Wildman–Crippen LogP) is 2.80. The molecular weight excluding hydrogens is 269 g/mol. The lowest BCUT2D eigenvalue weighted by molar-refractivity contribution is 0.216. The van der Waals surface area contributed by atoms with Crippen LogP contribution in [0.5, 0.6) is 5.75 Å². The van der Waals surface area contributed by atoms with Crippen LogP contribution in [0.3, 0.4) is 0 Å². The van der Waals surface area contributed by atoms with E-state index >= 15 is 0 Å². The van der Waals surface area contributed by atoms with Gasteiger partial charge < -0.3 is 10.4 Å². The number of rotatable bonds is 4. The summed E-state index contributed by atoms with van der Waals surface area (Å²) < 4.78 is 0. The van der Waals surface area contributed by atoms with Gasteiger partial charge in [-0.2, -0.15) is 5.01 Å². The predicted molar refractivity (Wildman–Crippen MR) is 65.4 cm³/mol. The standard InChI is InChI=1S/C9H9Cl2N3O3/c10-3-4-14(13-17)9(16)12-7-5-6(11)1-2-8(7)15/h1-2,5,15H,3-4H2,(H,12,16). The van der Waals surface area contributed by atoms with Crippen molar-refractivity contribution < 1.29 is 9.90 Å². The zero-order chi connectivity index (χ0) is 12.8. The van der Waals surface area contributed by atoms with Crippen LogP contribution in [0.25, 0.3) is 0 Å². The Morgan fingerprint density at radius 3 is 2.82 bits per heavy atom. The number of hydrogen-bond acceptors (Lipinski definition) is 4. The molecule has 0 radical (unpaired) electrons. The minimum absolute atomic E-state index is 0.0295. The fourth-order valence-electron chi connectivity index (χ4n) is 1.05. The number of alkyl halides is 1. The maximum Gasteiger partial charge on any atom is 0.344 e. The first-order chi connectivity index (χ1) is 8.08. The Labute approximate surface area is 107 Å². The van der Waals surface area contributed by atoms with Gasteiger partial charge in [0.25, 0.3) is 0 Å². The Morgan fingerprint density at radius 1 is 1.53 bits per heavy atom. The highest BCUT2D eigenvalue weighted by molar-refractivity contribution is 6.31. The van der Waals surface area contributed by atoms with E-state index in [0.29, 0.717) is 10.0 Å². The van der Waals surface area contributed by atoms with Gasteiger partial charge >= 0.3 is 6.03 Å². The molecule has 0 fully saturated rings. The van der Waals surface area contributed by atoms with Gasteiger partial charge in [-0.25, -0.2) is 4.79 Å². The number of nitrogens with zero attached hydrogens (tertiary/aromatic N) is 2. The average Bonchev–Trinajstić information content (AvgIpc) is 2.30. The SMILES string of the molecule is O=NN(CCCl)C(=O)Nc1cc(Cl)ccc1O. The van der Waals surface area contributed by atoms with Crippen molar-refractivity contribution in [3.8, 4) is 5.75 Å². The zero-order valence-corrected chi connectivity index (χ0v) is 10.1. The highest BCUT2D eigenvalue weighted by Gasteiger charge is 2.15. The Morgan fingerprint density at radius 2 is 2.24 bits per heavy atom. The van der Waals surface area contributed by atoms with E-state index in [0.717, 1.165) is 0 Å². The molecule has 1 aromatic carbocycles. The Kier molecular flexibility index (Phi) is 4.99. The Bertz CT molecular complexity index is 428. The van der Waals surface area contributed by atoms with Crippen LogP contribution in [-0.2, 0) is 0 Å². The first kappa shape index (κ1) is 13.5. The molecule has 6 nitrogen and oxygen atoms in total. The number of hydrogen-bond donors (Lipinski definition) is 2. The smallest absolute Gasteiger partial charge is 0.344 e. The zero-order valence-electron chi connectivity index (χ0n) is 8.56. The third kappa shape index (κ3) is 3.76. The number of aromatic hydroxyl groups is 1. The molecule has 0 heterocycles. The number of phenols is 1. The number of anilines is 1. The third-order valence-electron chi connectivity index (χ3n) is 1.83. The van der Waals surface area contributed by atoms with Crippen molar-refractivity contribution in [3.63, 3.8) is 0 Å². The van der Waals surface area contributed by atoms with Crippen LogP contribution in [0.1, 0.15) is 0 Å². The first-order valence-corrected chi connectivity index (χ1v) is 5.46. The fraction of sp³-hybridized carbons (Fsp3) is 0.222. The Hall–Kier alpha value is -1.53. The fourth-order valence-corrected chi connectivity index (χ4v) is 1.38. The normalized spacial score (nSPS) is 9.76. The minimum atomic E-state index is -0.793. The highest BCUT2D eigenvalue weighted by atomic mass is 35.5. The molecule has 92 valence electrons. The number of benzene rings is 1. The summed E-state index contributed by atoms with van der Waals surface area (Å²) in [6, 6.07) is 3.33. The van der Waals surface area contributed by atoms with Crippen LogP contribution in [0, 0.1) is 4.91 Å². The van der Waals surface area contributed by atoms with Crippen molar-refractivity contribution in [2.24, 2.45) is 5.29 Å². The second-order valence-electron chi connectivity index (χ2n) is 2.99. The lowest BCUT2D eigenvalue weighted by Crippen LogP contribution is -2.31. The van der Waals surface area contributed by atoms with Crippen LogP contribution in [-0.4, -0.2) is 28.6 Å². The van der Waals surface area contributed by atoms with Crippen molar-refractivity contribution in [3.05, 3.63) is 28.1 Å². The molecule has 1 aromatic rings. The van der Waals surface area contributed by atoms with Gasteiger partial charge in [0.1, 0.15) is 5.75 Å². The number of halogens is 2. The molecule has 0 saturated heterocycles. The molecule has 2 N–H and O–H groups in total. The molecule has 1 rings (SSSR count). The second kappa shape index (κ2) is 6.27. The maximum atomic E-state index is 11.5. The monoisotopic (exact) mass is 277 g/mol. The average molecular weight is 278 g/mol. The van der Waals surface area contributed by atoms with Crippen LogP contribution in [0.2, 0.25) is 5.02 Å². The second-order valence-corrected chi connectivity index (χ2v) is 3.80. The molecule has 0 atom stereocenters. The summed E-state index contributed by atoms with van der Waals surface area (Å²) in [4.78, 5) is 21.9. The van der Waals surface area contributed by atoms with Crippen molar-refractivity contribution in [2.75, 3.05) is 17.7 Å². The van der Waals surface area contributed by atoms with Crippen molar-refractivity contribution in [2.45, 2.75) is 0 Å². The number of amides is 2. The van der Waals surface area contributed by atoms with Gasteiger partial charge in [0.15, 0.2) is 0 Å². The lowest BCUT2D eigenvalue weighted by atomic mass is 10.3. The molecule has 17 heavy (non-hydrogen) atoms. The molecule has 0 saturated carbocycles. The van der Waals surface area contributed by atoms with E-state index in [1.165, 1.54) is 18.2 Å². The van der Waals surface area contributed by atoms with Gasteiger partial charge in [-0.3, -0.25) is 0 Å². The summed E-state index contributed by atoms with van der Waals surface area (Å²) in [7, 11) is 0. The third-order valence-corrected chi connectivity index (χ3v) is 2.23. The van der Waals surface area contributed by atoms with E-state index in [9.17, 15) is 14.8 Å². The number of nitroso groups, excluding NO2 is 1. The Balaban J connectivity index is 2.79. The quantitative estimate of drug-likeness (QED) is 0.384. The summed E-state index contributed by atoms with van der Waals surface area (Å²) in [5, 5.41) is 15.2. The van der Waals surface area contributed by atoms with E-state index < -0.39 is 6.03 Å². The van der Waals surface area contributed by atoms with Crippen LogP contribution < -0.4 is 5.32 Å². The van der Waals surface area contributed by atoms with Crippen LogP contribution >= 0.6 is 23.2 Å². The van der Waals surface area contributed by atoms with Crippen LogP contribution in [0.15, 0.2) is 23.5 Å². The summed E-state index contributed by atoms with van der Waals surface area (Å²) in [5.74, 6) is -0.0970. The summed E-state index contributed by atoms with van der Waals surface area (Å²) in [6.45, 7) is -0.0295. The molecule has 8 heteroatoms. The van der Waals surface area contributed by atoms with E-state index in [1.54, 1.807) is 0 Å². The van der Waals surface area contributed by atoms with E-state index in [2.05, 4.69) is 10.6 Å². The molecule has 0 unspecified atom stereocenters. The van der Waals surface area contributed by atoms with Crippen molar-refractivity contribution >= 4 is 34.9 Å². The van der Waals surface area contributed by atoms with Gasteiger partial charge in [-0.15, -0.1) is 16.5 Å². The van der Waals surface area contributed by atoms with Crippen molar-refractivity contribution in [1.29, 1.82) is 0 Å². The first-order valence-electron chi connectivity index (χ1n) is 4.54. The summed E-state index contributed by atoms with van der Waals surface area (Å²) in [5.41, 5.74) is 0.0886. The largest absolute Gasteiger partial charge is 0.506 e. The van der Waals surface area contributed by atoms with Gasteiger partial charge in [0.2, 0.25) is 0 Å². The number of urea groups is 1. The lowest BCUT2D eigenvalue weighted by Gasteiger charge is -2.13. The topological polar surface area (TPSA) is 82.0 Å². The number of phenolic OH excluding ortho intramolecular Hbond substituents is 1. The molecule has 0 aliphatic carbocycles. The van der Waals surface area contributed by atoms with Gasteiger partial charge in [-0.1, -0.05) is 11.6 Å². The number of carbonyl (C=O) groups excluding carboxylic acids is 1. The van der Waals surface area contributed by atoms with E-state index in [1.807, 2.05) is 0 Å². The number of nitrogens with one attached hydrogen (secondary N) is 1. The summed E-state index contributed by atoms with van der Waals surface area (Å²) in [6.07, 6.45) is 0. The molecule has 2 amide bonds. The van der Waals surface area contributed by atoms with E-state index in [4.69, 9.17) is 23.2 Å². The highest BCUT2D eigenvalue weighted by Crippen LogP contribution is 2.26. The van der Waals surface area contributed by atoms with E-state index in [-0.39, 0.29) is 23.9 Å². The molecule has 0 bridgehead atoms. The molecule has 0 aliphatic rings. The summed E-state index contributed by atoms with van der Waals surface area (Å²) >= 11 is 11.1. The molecule has 0 spiro atoms. The van der Waals surface area contributed by atoms with Gasteiger partial charge in [-0.05, 0) is 18.2 Å². The van der Waals surface area contributed by atoms with Crippen molar-refractivity contribution in [1.82, 2.24) is 5.01 Å². The molecular formula is C9H9Cl2N3O3. The molecule has 0 aromatic heterocycles. The molecule has 0 aliphatic heterocycles. The van der Waals surface area contributed by atoms with Gasteiger partial charge in [0, 0.05) is 10.9 Å².